The molecule has 2 N–H and O–H groups in total. The van der Waals surface area contributed by atoms with Crippen LogP contribution >= 0.6 is 0 Å². The van der Waals surface area contributed by atoms with Crippen LogP contribution in [0.25, 0.3) is 0 Å². The molecule has 0 heterocycles. The molecule has 0 amide bonds. The minimum atomic E-state index is -0.813. The highest BCUT2D eigenvalue weighted by Gasteiger charge is 2.35. The van der Waals surface area contributed by atoms with Crippen LogP contribution in [0, 0.1) is 0 Å². The Morgan fingerprint density at radius 3 is 1.24 bits per heavy atom. The van der Waals surface area contributed by atoms with E-state index in [4.69, 9.17) is 29.2 Å². The number of hydrogen-bond acceptors (Lipinski definition) is 9. The number of ether oxygens (including phenoxy) is 4. The molecule has 196 valence electrons. The van der Waals surface area contributed by atoms with Crippen LogP contribution in [-0.2, 0) is 28.5 Å². The minimum absolute atomic E-state index is 0.112. The summed E-state index contributed by atoms with van der Waals surface area (Å²) in [6, 6.07) is 0. The van der Waals surface area contributed by atoms with E-state index in [1.807, 2.05) is 0 Å². The summed E-state index contributed by atoms with van der Waals surface area (Å²) in [5.41, 5.74) is 0. The molecule has 9 heteroatoms. The van der Waals surface area contributed by atoms with Crippen molar-refractivity contribution in [2.45, 2.75) is 127 Å². The normalized spacial score (nSPS) is 24.8. The Hall–Kier alpha value is -1.87. The maximum absolute atomic E-state index is 12.6. The maximum Gasteiger partial charge on any atom is 0.509 e. The predicted octanol–water partition coefficient (Wildman–Crippen LogP) is 3.95. The van der Waals surface area contributed by atoms with Crippen molar-refractivity contribution < 1.29 is 43.5 Å². The van der Waals surface area contributed by atoms with Crippen molar-refractivity contribution >= 4 is 18.1 Å². The van der Waals surface area contributed by atoms with Gasteiger partial charge >= 0.3 is 18.1 Å². The second-order valence-electron chi connectivity index (χ2n) is 9.26. The first-order chi connectivity index (χ1) is 16.5. The van der Waals surface area contributed by atoms with E-state index < -0.39 is 30.6 Å². The lowest BCUT2D eigenvalue weighted by atomic mass is 9.94. The molecule has 2 fully saturated rings. The molecule has 2 saturated carbocycles. The van der Waals surface area contributed by atoms with Crippen molar-refractivity contribution in [1.29, 1.82) is 0 Å². The first-order valence-corrected chi connectivity index (χ1v) is 13.0. The fraction of sp³-hybridized carbons (Fsp3) is 0.880. The van der Waals surface area contributed by atoms with E-state index in [-0.39, 0.29) is 38.0 Å². The van der Waals surface area contributed by atoms with E-state index in [1.54, 1.807) is 0 Å². The maximum atomic E-state index is 12.6. The third kappa shape index (κ3) is 11.0. The molecule has 0 radical (unpaired) electrons. The number of carbonyl (C=O) groups excluding carboxylic acids is 3. The number of aliphatic hydroxyl groups excluding tert-OH is 2. The molecule has 34 heavy (non-hydrogen) atoms. The van der Waals surface area contributed by atoms with Gasteiger partial charge in [0, 0.05) is 26.1 Å². The average Bonchev–Trinajstić information content (AvgIpc) is 2.82. The zero-order valence-electron chi connectivity index (χ0n) is 20.3. The molecule has 4 unspecified atom stereocenters. The smallest absolute Gasteiger partial charge is 0.458 e. The van der Waals surface area contributed by atoms with Crippen LogP contribution in [0.1, 0.15) is 103 Å². The van der Waals surface area contributed by atoms with Crippen LogP contribution in [0.4, 0.5) is 4.79 Å². The molecule has 2 rings (SSSR count). The summed E-state index contributed by atoms with van der Waals surface area (Å²) >= 11 is 0. The Bertz CT molecular complexity index is 559. The van der Waals surface area contributed by atoms with Gasteiger partial charge in [0.25, 0.3) is 0 Å². The third-order valence-corrected chi connectivity index (χ3v) is 6.42. The van der Waals surface area contributed by atoms with E-state index in [2.05, 4.69) is 0 Å². The Balaban J connectivity index is 1.79. The van der Waals surface area contributed by atoms with Crippen LogP contribution in [0.2, 0.25) is 0 Å². The van der Waals surface area contributed by atoms with E-state index in [0.29, 0.717) is 51.4 Å². The Kier molecular flexibility index (Phi) is 13.9. The summed E-state index contributed by atoms with van der Waals surface area (Å²) in [6.07, 6.45) is 7.90. The molecule has 2 aliphatic rings. The zero-order chi connectivity index (χ0) is 24.6. The van der Waals surface area contributed by atoms with Gasteiger partial charge in [0.2, 0.25) is 0 Å². The molecule has 0 aromatic rings. The van der Waals surface area contributed by atoms with E-state index >= 15 is 0 Å². The zero-order valence-corrected chi connectivity index (χ0v) is 20.3. The average molecular weight is 487 g/mol. The quantitative estimate of drug-likeness (QED) is 0.213. The summed E-state index contributed by atoms with van der Waals surface area (Å²) in [6.45, 7) is 0.225. The second-order valence-corrected chi connectivity index (χ2v) is 9.26. The number of esters is 2. The molecule has 0 aromatic heterocycles. The van der Waals surface area contributed by atoms with Crippen molar-refractivity contribution in [3.05, 3.63) is 0 Å². The van der Waals surface area contributed by atoms with Crippen LogP contribution in [0.3, 0.4) is 0 Å². The van der Waals surface area contributed by atoms with Crippen LogP contribution in [0.15, 0.2) is 0 Å². The number of unbranched alkanes of at least 4 members (excludes halogenated alkanes) is 4. The summed E-state index contributed by atoms with van der Waals surface area (Å²) < 4.78 is 22.3. The highest BCUT2D eigenvalue weighted by molar-refractivity contribution is 5.70. The molecular weight excluding hydrogens is 444 g/mol. The highest BCUT2D eigenvalue weighted by Crippen LogP contribution is 2.28. The molecule has 4 atom stereocenters. The number of hydrogen-bond donors (Lipinski definition) is 2. The van der Waals surface area contributed by atoms with Gasteiger partial charge in [0.15, 0.2) is 0 Å². The van der Waals surface area contributed by atoms with Gasteiger partial charge < -0.3 is 29.2 Å². The molecule has 9 nitrogen and oxygen atoms in total. The van der Waals surface area contributed by atoms with E-state index in [1.165, 1.54) is 0 Å². The SMILES string of the molecule is O=C(CCCCCO)OC1CCCCC1OC(=O)OC1CCCCC1OC(=O)CCCCCO. The minimum Gasteiger partial charge on any atom is -0.458 e. The Morgan fingerprint density at radius 1 is 0.529 bits per heavy atom. The van der Waals surface area contributed by atoms with Crippen molar-refractivity contribution in [1.82, 2.24) is 0 Å². The highest BCUT2D eigenvalue weighted by atomic mass is 16.7. The van der Waals surface area contributed by atoms with Crippen LogP contribution in [-0.4, -0.2) is 65.9 Å². The van der Waals surface area contributed by atoms with Gasteiger partial charge in [-0.3, -0.25) is 9.59 Å². The van der Waals surface area contributed by atoms with Crippen LogP contribution in [0.5, 0.6) is 0 Å². The molecule has 0 bridgehead atoms. The van der Waals surface area contributed by atoms with Crippen LogP contribution < -0.4 is 0 Å². The topological polar surface area (TPSA) is 129 Å². The summed E-state index contributed by atoms with van der Waals surface area (Å²) in [5.74, 6) is -0.630. The fourth-order valence-corrected chi connectivity index (χ4v) is 4.51. The van der Waals surface area contributed by atoms with E-state index in [0.717, 1.165) is 38.5 Å². The third-order valence-electron chi connectivity index (χ3n) is 6.42. The Labute approximate surface area is 202 Å². The van der Waals surface area contributed by atoms with Gasteiger partial charge in [-0.1, -0.05) is 12.8 Å². The largest absolute Gasteiger partial charge is 0.509 e. The molecule has 0 aromatic carbocycles. The van der Waals surface area contributed by atoms with E-state index in [9.17, 15) is 14.4 Å². The Morgan fingerprint density at radius 2 is 0.882 bits per heavy atom. The first kappa shape index (κ1) is 28.4. The first-order valence-electron chi connectivity index (χ1n) is 13.0. The fourth-order valence-electron chi connectivity index (χ4n) is 4.51. The lowest BCUT2D eigenvalue weighted by molar-refractivity contribution is -0.163. The number of aliphatic hydroxyl groups is 2. The summed E-state index contributed by atoms with van der Waals surface area (Å²) in [7, 11) is 0. The van der Waals surface area contributed by atoms with Gasteiger partial charge in [0.05, 0.1) is 0 Å². The van der Waals surface area contributed by atoms with Crippen molar-refractivity contribution in [2.75, 3.05) is 13.2 Å². The second kappa shape index (κ2) is 16.7. The standard InChI is InChI=1S/C25H42O9/c26-17-9-1-3-15-23(28)31-19-11-5-7-13-21(19)33-25(30)34-22-14-8-6-12-20(22)32-24(29)16-4-2-10-18-27/h19-22,26-27H,1-18H2. The monoisotopic (exact) mass is 486 g/mol. The van der Waals surface area contributed by atoms with Gasteiger partial charge in [-0.2, -0.15) is 0 Å². The molecular formula is C25H42O9. The van der Waals surface area contributed by atoms with Gasteiger partial charge in [0.1, 0.15) is 24.4 Å². The van der Waals surface area contributed by atoms with Crippen molar-refractivity contribution in [3.8, 4) is 0 Å². The molecule has 0 spiro atoms. The lowest BCUT2D eigenvalue weighted by Crippen LogP contribution is -2.41. The molecule has 0 saturated heterocycles. The van der Waals surface area contributed by atoms with Crippen molar-refractivity contribution in [3.63, 3.8) is 0 Å². The van der Waals surface area contributed by atoms with Gasteiger partial charge in [-0.15, -0.1) is 0 Å². The summed E-state index contributed by atoms with van der Waals surface area (Å²) in [5, 5.41) is 17.7. The lowest BCUT2D eigenvalue weighted by Gasteiger charge is -2.33. The van der Waals surface area contributed by atoms with Gasteiger partial charge in [-0.25, -0.2) is 4.79 Å². The van der Waals surface area contributed by atoms with Gasteiger partial charge in [-0.05, 0) is 77.0 Å². The summed E-state index contributed by atoms with van der Waals surface area (Å²) in [4.78, 5) is 36.9. The van der Waals surface area contributed by atoms with Crippen molar-refractivity contribution in [2.24, 2.45) is 0 Å². The molecule has 0 aliphatic heterocycles. The molecule has 2 aliphatic carbocycles. The predicted molar refractivity (Wildman–Crippen MR) is 123 cm³/mol. The number of carbonyl (C=O) groups is 3. The number of rotatable bonds is 14.